The van der Waals surface area contributed by atoms with E-state index in [1.807, 2.05) is 18.8 Å². The van der Waals surface area contributed by atoms with Crippen LogP contribution < -0.4 is 10.6 Å². The Labute approximate surface area is 176 Å². The maximum absolute atomic E-state index is 4.46. The van der Waals surface area contributed by atoms with Gasteiger partial charge < -0.3 is 15.5 Å². The zero-order valence-corrected chi connectivity index (χ0v) is 19.5. The maximum atomic E-state index is 4.46. The first kappa shape index (κ1) is 23.2. The van der Waals surface area contributed by atoms with Crippen LogP contribution in [-0.4, -0.2) is 53.4 Å². The Morgan fingerprint density at radius 1 is 1.23 bits per heavy atom. The van der Waals surface area contributed by atoms with Crippen LogP contribution in [0.2, 0.25) is 0 Å². The molecule has 1 unspecified atom stereocenters. The van der Waals surface area contributed by atoms with E-state index in [1.165, 1.54) is 56.5 Å². The number of guanidine groups is 1. The first-order valence-electron chi connectivity index (χ1n) is 9.70. The number of nitrogens with zero attached hydrogens (tertiary/aromatic N) is 4. The van der Waals surface area contributed by atoms with E-state index < -0.39 is 0 Å². The van der Waals surface area contributed by atoms with Gasteiger partial charge in [0.15, 0.2) is 5.96 Å². The molecule has 0 radical (unpaired) electrons. The number of hydrogen-bond donors (Lipinski definition) is 2. The van der Waals surface area contributed by atoms with Crippen LogP contribution in [0.4, 0.5) is 0 Å². The molecule has 0 amide bonds. The van der Waals surface area contributed by atoms with E-state index in [2.05, 4.69) is 46.4 Å². The number of halogens is 1. The van der Waals surface area contributed by atoms with E-state index in [0.29, 0.717) is 0 Å². The summed E-state index contributed by atoms with van der Waals surface area (Å²) < 4.78 is 1.93. The lowest BCUT2D eigenvalue weighted by Gasteiger charge is -2.33. The first-order chi connectivity index (χ1) is 12.0. The molecule has 0 aromatic carbocycles. The molecule has 7 heteroatoms. The van der Waals surface area contributed by atoms with Gasteiger partial charge in [0.05, 0.1) is 5.69 Å². The van der Waals surface area contributed by atoms with Crippen molar-refractivity contribution in [1.29, 1.82) is 0 Å². The van der Waals surface area contributed by atoms with Crippen LogP contribution in [0, 0.1) is 13.8 Å². The van der Waals surface area contributed by atoms with Gasteiger partial charge in [0, 0.05) is 44.5 Å². The van der Waals surface area contributed by atoms with Crippen LogP contribution in [0.3, 0.4) is 0 Å². The van der Waals surface area contributed by atoms with Crippen molar-refractivity contribution < 1.29 is 0 Å². The number of aliphatic imine (C=N–C) groups is 1. The second kappa shape index (κ2) is 11.8. The van der Waals surface area contributed by atoms with E-state index >= 15 is 0 Å². The molecule has 1 aliphatic heterocycles. The highest BCUT2D eigenvalue weighted by Crippen LogP contribution is 2.16. The number of likely N-dealkylation sites (tertiary alicyclic amines) is 1. The lowest BCUT2D eigenvalue weighted by molar-refractivity contribution is 0.158. The van der Waals surface area contributed by atoms with Crippen LogP contribution in [0.1, 0.15) is 56.0 Å². The van der Waals surface area contributed by atoms with Crippen molar-refractivity contribution in [2.75, 3.05) is 26.7 Å². The number of nitrogens with one attached hydrogen (secondary N) is 2. The average molecular weight is 476 g/mol. The highest BCUT2D eigenvalue weighted by atomic mass is 127. The SMILES string of the molecule is CN=C(NCCCCN1CCCCC1C)NCc1c(C)nn(C)c1C.I. The van der Waals surface area contributed by atoms with Crippen molar-refractivity contribution in [3.8, 4) is 0 Å². The first-order valence-corrected chi connectivity index (χ1v) is 9.70. The van der Waals surface area contributed by atoms with Crippen LogP contribution in [0.15, 0.2) is 4.99 Å². The Morgan fingerprint density at radius 3 is 2.62 bits per heavy atom. The van der Waals surface area contributed by atoms with Crippen LogP contribution in [-0.2, 0) is 13.6 Å². The molecule has 1 saturated heterocycles. The molecule has 0 bridgehead atoms. The molecule has 1 aliphatic rings. The Morgan fingerprint density at radius 2 is 2.00 bits per heavy atom. The molecule has 2 N–H and O–H groups in total. The molecular weight excluding hydrogens is 439 g/mol. The van der Waals surface area contributed by atoms with Crippen molar-refractivity contribution >= 4 is 29.9 Å². The zero-order chi connectivity index (χ0) is 18.2. The number of aromatic nitrogens is 2. The minimum absolute atomic E-state index is 0. The monoisotopic (exact) mass is 476 g/mol. The predicted octanol–water partition coefficient (Wildman–Crippen LogP) is 2.97. The Balaban J connectivity index is 0.00000338. The van der Waals surface area contributed by atoms with Crippen LogP contribution >= 0.6 is 24.0 Å². The van der Waals surface area contributed by atoms with Crippen molar-refractivity contribution in [3.05, 3.63) is 17.0 Å². The normalized spacial score (nSPS) is 18.5. The quantitative estimate of drug-likeness (QED) is 0.275. The molecule has 0 spiro atoms. The molecule has 2 rings (SSSR count). The van der Waals surface area contributed by atoms with Crippen molar-refractivity contribution in [2.45, 2.75) is 65.5 Å². The van der Waals surface area contributed by atoms with Crippen molar-refractivity contribution in [1.82, 2.24) is 25.3 Å². The van der Waals surface area contributed by atoms with E-state index in [1.54, 1.807) is 0 Å². The predicted molar refractivity (Wildman–Crippen MR) is 120 cm³/mol. The standard InChI is InChI=1S/C19H36N6.HI/c1-15-10-6-8-12-25(15)13-9-7-11-21-19(20-4)22-14-18-16(2)23-24(5)17(18)3;/h15H,6-14H2,1-5H3,(H2,20,21,22);1H. The van der Waals surface area contributed by atoms with Crippen LogP contribution in [0.5, 0.6) is 0 Å². The minimum Gasteiger partial charge on any atom is -0.356 e. The summed E-state index contributed by atoms with van der Waals surface area (Å²) in [7, 11) is 3.82. The molecule has 0 aliphatic carbocycles. The second-order valence-corrected chi connectivity index (χ2v) is 7.21. The van der Waals surface area contributed by atoms with Gasteiger partial charge >= 0.3 is 0 Å². The summed E-state index contributed by atoms with van der Waals surface area (Å²) in [5, 5.41) is 11.3. The fourth-order valence-electron chi connectivity index (χ4n) is 3.60. The Hall–Kier alpha value is -0.830. The van der Waals surface area contributed by atoms with Gasteiger partial charge in [-0.3, -0.25) is 9.67 Å². The van der Waals surface area contributed by atoms with Gasteiger partial charge in [-0.25, -0.2) is 0 Å². The summed E-state index contributed by atoms with van der Waals surface area (Å²) in [6.45, 7) is 10.8. The molecule has 1 fully saturated rings. The van der Waals surface area contributed by atoms with Crippen LogP contribution in [0.25, 0.3) is 0 Å². The number of aryl methyl sites for hydroxylation is 2. The summed E-state index contributed by atoms with van der Waals surface area (Å²) in [5.74, 6) is 0.869. The summed E-state index contributed by atoms with van der Waals surface area (Å²) in [6, 6.07) is 0.766. The zero-order valence-electron chi connectivity index (χ0n) is 17.1. The lowest BCUT2D eigenvalue weighted by Crippen LogP contribution is -2.39. The fraction of sp³-hybridized carbons (Fsp3) is 0.789. The third kappa shape index (κ3) is 6.72. The molecule has 2 heterocycles. The highest BCUT2D eigenvalue weighted by Gasteiger charge is 2.17. The van der Waals surface area contributed by atoms with Gasteiger partial charge in [0.1, 0.15) is 0 Å². The van der Waals surface area contributed by atoms with E-state index in [9.17, 15) is 0 Å². The molecule has 1 aromatic rings. The van der Waals surface area contributed by atoms with E-state index in [0.717, 1.165) is 30.8 Å². The third-order valence-corrected chi connectivity index (χ3v) is 5.42. The molecule has 26 heavy (non-hydrogen) atoms. The third-order valence-electron chi connectivity index (χ3n) is 5.42. The summed E-state index contributed by atoms with van der Waals surface area (Å²) in [6.07, 6.45) is 6.55. The van der Waals surface area contributed by atoms with Gasteiger partial charge in [-0.1, -0.05) is 6.42 Å². The molecule has 6 nitrogen and oxygen atoms in total. The van der Waals surface area contributed by atoms with Gasteiger partial charge in [0.2, 0.25) is 0 Å². The fourth-order valence-corrected chi connectivity index (χ4v) is 3.60. The largest absolute Gasteiger partial charge is 0.356 e. The molecular formula is C19H37IN6. The summed E-state index contributed by atoms with van der Waals surface area (Å²) in [4.78, 5) is 6.97. The highest BCUT2D eigenvalue weighted by molar-refractivity contribution is 14.0. The number of unbranched alkanes of at least 4 members (excludes halogenated alkanes) is 1. The lowest BCUT2D eigenvalue weighted by atomic mass is 10.0. The Kier molecular flexibility index (Phi) is 10.5. The number of piperidine rings is 1. The summed E-state index contributed by atoms with van der Waals surface area (Å²) >= 11 is 0. The molecule has 150 valence electrons. The topological polar surface area (TPSA) is 57.5 Å². The molecule has 0 saturated carbocycles. The smallest absolute Gasteiger partial charge is 0.191 e. The summed E-state index contributed by atoms with van der Waals surface area (Å²) in [5.41, 5.74) is 3.54. The van der Waals surface area contributed by atoms with Gasteiger partial charge in [0.25, 0.3) is 0 Å². The van der Waals surface area contributed by atoms with Crippen molar-refractivity contribution in [2.24, 2.45) is 12.0 Å². The van der Waals surface area contributed by atoms with Gasteiger partial charge in [-0.2, -0.15) is 5.10 Å². The number of hydrogen-bond acceptors (Lipinski definition) is 3. The Bertz CT molecular complexity index is 569. The average Bonchev–Trinajstić information content (AvgIpc) is 2.84. The van der Waals surface area contributed by atoms with Gasteiger partial charge in [-0.15, -0.1) is 24.0 Å². The minimum atomic E-state index is 0. The van der Waals surface area contributed by atoms with E-state index in [4.69, 9.17) is 0 Å². The second-order valence-electron chi connectivity index (χ2n) is 7.21. The molecule has 1 aromatic heterocycles. The van der Waals surface area contributed by atoms with Gasteiger partial charge in [-0.05, 0) is 59.5 Å². The van der Waals surface area contributed by atoms with Crippen molar-refractivity contribution in [3.63, 3.8) is 0 Å². The maximum Gasteiger partial charge on any atom is 0.191 e. The number of rotatable bonds is 7. The molecule has 1 atom stereocenters. The van der Waals surface area contributed by atoms with E-state index in [-0.39, 0.29) is 24.0 Å².